The topological polar surface area (TPSA) is 26.3 Å². The highest BCUT2D eigenvalue weighted by Gasteiger charge is 2.02. The maximum Gasteiger partial charge on any atom is 0.333 e. The van der Waals surface area contributed by atoms with Crippen LogP contribution in [-0.4, -0.2) is 12.6 Å². The van der Waals surface area contributed by atoms with E-state index in [1.807, 2.05) is 13.0 Å². The van der Waals surface area contributed by atoms with Crippen molar-refractivity contribution in [1.82, 2.24) is 0 Å². The summed E-state index contributed by atoms with van der Waals surface area (Å²) < 4.78 is 5.09. The zero-order valence-electron chi connectivity index (χ0n) is 11.7. The van der Waals surface area contributed by atoms with Crippen LogP contribution in [0.5, 0.6) is 0 Å². The molecule has 0 spiro atoms. The zero-order chi connectivity index (χ0) is 13.3. The van der Waals surface area contributed by atoms with Crippen LogP contribution < -0.4 is 0 Å². The Morgan fingerprint density at radius 3 is 2.29 bits per heavy atom. The third kappa shape index (κ3) is 8.49. The van der Waals surface area contributed by atoms with Crippen molar-refractivity contribution in [3.8, 4) is 0 Å². The summed E-state index contributed by atoms with van der Waals surface area (Å²) in [5.41, 5.74) is 3.25. The fourth-order valence-corrected chi connectivity index (χ4v) is 1.18. The van der Waals surface area contributed by atoms with Crippen LogP contribution in [0.15, 0.2) is 34.9 Å². The summed E-state index contributed by atoms with van der Waals surface area (Å²) in [6.07, 6.45) is 8.01. The smallest absolute Gasteiger partial charge is 0.333 e. The predicted octanol–water partition coefficient (Wildman–Crippen LogP) is 4.19. The van der Waals surface area contributed by atoms with Crippen molar-refractivity contribution in [2.24, 2.45) is 0 Å². The number of allylic oxidation sites excluding steroid dienone is 4. The molecule has 0 aliphatic rings. The first kappa shape index (κ1) is 15.7. The summed E-state index contributed by atoms with van der Waals surface area (Å²) in [7, 11) is 0. The van der Waals surface area contributed by atoms with Crippen LogP contribution in [0.25, 0.3) is 0 Å². The Morgan fingerprint density at radius 1 is 1.12 bits per heavy atom. The van der Waals surface area contributed by atoms with Crippen molar-refractivity contribution >= 4 is 5.97 Å². The quantitative estimate of drug-likeness (QED) is 0.393. The second-order valence-electron chi connectivity index (χ2n) is 4.44. The molecule has 0 heterocycles. The summed E-state index contributed by atoms with van der Waals surface area (Å²) >= 11 is 0. The minimum atomic E-state index is -0.235. The third-order valence-electron chi connectivity index (χ3n) is 2.49. The number of carbonyl (C=O) groups is 1. The molecule has 0 radical (unpaired) electrons. The minimum absolute atomic E-state index is 0.235. The third-order valence-corrected chi connectivity index (χ3v) is 2.49. The van der Waals surface area contributed by atoms with E-state index in [2.05, 4.69) is 26.8 Å². The first-order chi connectivity index (χ1) is 7.97. The fourth-order valence-electron chi connectivity index (χ4n) is 1.18. The maximum atomic E-state index is 11.3. The van der Waals surface area contributed by atoms with E-state index in [1.54, 1.807) is 13.0 Å². The molecule has 0 saturated heterocycles. The molecule has 0 amide bonds. The van der Waals surface area contributed by atoms with E-state index in [4.69, 9.17) is 4.74 Å². The highest BCUT2D eigenvalue weighted by Crippen LogP contribution is 2.06. The van der Waals surface area contributed by atoms with E-state index in [1.165, 1.54) is 11.1 Å². The number of esters is 1. The molecule has 0 rings (SSSR count). The molecule has 0 saturated carbocycles. The monoisotopic (exact) mass is 236 g/mol. The molecule has 0 N–H and O–H groups in total. The molecule has 0 aromatic heterocycles. The van der Waals surface area contributed by atoms with Crippen LogP contribution in [-0.2, 0) is 9.53 Å². The minimum Gasteiger partial charge on any atom is -0.458 e. The molecule has 2 nitrogen and oxygen atoms in total. The molecule has 0 unspecified atom stereocenters. The summed E-state index contributed by atoms with van der Waals surface area (Å²) in [6.45, 7) is 10.2. The molecule has 0 atom stereocenters. The number of hydrogen-bond acceptors (Lipinski definition) is 2. The first-order valence-electron chi connectivity index (χ1n) is 6.06. The van der Waals surface area contributed by atoms with Gasteiger partial charge in [-0.05, 0) is 53.5 Å². The maximum absolute atomic E-state index is 11.3. The Hall–Kier alpha value is -1.31. The Bertz CT molecular complexity index is 329. The lowest BCUT2D eigenvalue weighted by molar-refractivity contribution is -0.137. The molecule has 17 heavy (non-hydrogen) atoms. The molecular weight excluding hydrogens is 212 g/mol. The van der Waals surface area contributed by atoms with Gasteiger partial charge in [0.15, 0.2) is 0 Å². The fraction of sp³-hybridized carbons (Fsp3) is 0.533. The Morgan fingerprint density at radius 2 is 1.76 bits per heavy atom. The van der Waals surface area contributed by atoms with Crippen LogP contribution >= 0.6 is 0 Å². The van der Waals surface area contributed by atoms with E-state index in [9.17, 15) is 4.79 Å². The molecular formula is C15H24O2. The Kier molecular flexibility index (Phi) is 8.12. The zero-order valence-corrected chi connectivity index (χ0v) is 11.7. The van der Waals surface area contributed by atoms with Crippen molar-refractivity contribution in [1.29, 1.82) is 0 Å². The Balaban J connectivity index is 3.92. The first-order valence-corrected chi connectivity index (χ1v) is 6.06. The van der Waals surface area contributed by atoms with Gasteiger partial charge < -0.3 is 4.74 Å². The van der Waals surface area contributed by atoms with Gasteiger partial charge in [-0.25, -0.2) is 4.79 Å². The van der Waals surface area contributed by atoms with Gasteiger partial charge in [0, 0.05) is 5.57 Å². The average molecular weight is 236 g/mol. The Labute approximate surface area is 105 Å². The van der Waals surface area contributed by atoms with Crippen LogP contribution in [0.4, 0.5) is 0 Å². The van der Waals surface area contributed by atoms with Crippen LogP contribution in [0.3, 0.4) is 0 Å². The normalized spacial score (nSPS) is 12.3. The summed E-state index contributed by atoms with van der Waals surface area (Å²) in [4.78, 5) is 11.3. The van der Waals surface area contributed by atoms with E-state index in [0.29, 0.717) is 12.2 Å². The SMILES string of the molecule is C/C=C(/C)C(=O)OC/C=C(\C)CCC=C(C)C. The molecule has 0 aliphatic carbocycles. The molecule has 0 fully saturated rings. The van der Waals surface area contributed by atoms with Gasteiger partial charge in [-0.3, -0.25) is 0 Å². The predicted molar refractivity (Wildman–Crippen MR) is 72.8 cm³/mol. The van der Waals surface area contributed by atoms with E-state index in [-0.39, 0.29) is 5.97 Å². The number of rotatable bonds is 6. The van der Waals surface area contributed by atoms with Crippen LogP contribution in [0.1, 0.15) is 47.5 Å². The van der Waals surface area contributed by atoms with Gasteiger partial charge in [0.2, 0.25) is 0 Å². The lowest BCUT2D eigenvalue weighted by Gasteiger charge is -2.03. The standard InChI is InChI=1S/C15H24O2/c1-6-14(5)15(16)17-11-10-13(4)9-7-8-12(2)3/h6,8,10H,7,9,11H2,1-5H3/b13-10+,14-6-. The molecule has 96 valence electrons. The van der Waals surface area contributed by atoms with Crippen molar-refractivity contribution in [3.05, 3.63) is 34.9 Å². The molecule has 0 bridgehead atoms. The lowest BCUT2D eigenvalue weighted by atomic mass is 10.1. The lowest BCUT2D eigenvalue weighted by Crippen LogP contribution is -2.05. The van der Waals surface area contributed by atoms with E-state index in [0.717, 1.165) is 12.8 Å². The van der Waals surface area contributed by atoms with Crippen LogP contribution in [0.2, 0.25) is 0 Å². The second kappa shape index (κ2) is 8.80. The van der Waals surface area contributed by atoms with Gasteiger partial charge in [-0.1, -0.05) is 23.3 Å². The van der Waals surface area contributed by atoms with Crippen LogP contribution in [0, 0.1) is 0 Å². The van der Waals surface area contributed by atoms with Gasteiger partial charge in [0.1, 0.15) is 6.61 Å². The van der Waals surface area contributed by atoms with Crippen molar-refractivity contribution in [3.63, 3.8) is 0 Å². The highest BCUT2D eigenvalue weighted by atomic mass is 16.5. The largest absolute Gasteiger partial charge is 0.458 e. The second-order valence-corrected chi connectivity index (χ2v) is 4.44. The summed E-state index contributed by atoms with van der Waals surface area (Å²) in [6, 6.07) is 0. The van der Waals surface area contributed by atoms with Gasteiger partial charge in [0.25, 0.3) is 0 Å². The van der Waals surface area contributed by atoms with Gasteiger partial charge in [0.05, 0.1) is 0 Å². The summed E-state index contributed by atoms with van der Waals surface area (Å²) in [5, 5.41) is 0. The number of carbonyl (C=O) groups excluding carboxylic acids is 1. The van der Waals surface area contributed by atoms with Gasteiger partial charge >= 0.3 is 5.97 Å². The molecule has 0 aromatic rings. The average Bonchev–Trinajstić information content (AvgIpc) is 2.27. The summed E-state index contributed by atoms with van der Waals surface area (Å²) in [5.74, 6) is -0.235. The molecule has 0 aromatic carbocycles. The number of ether oxygens (including phenoxy) is 1. The molecule has 0 aliphatic heterocycles. The van der Waals surface area contributed by atoms with Crippen molar-refractivity contribution < 1.29 is 9.53 Å². The van der Waals surface area contributed by atoms with E-state index >= 15 is 0 Å². The van der Waals surface area contributed by atoms with E-state index < -0.39 is 0 Å². The highest BCUT2D eigenvalue weighted by molar-refractivity contribution is 5.87. The van der Waals surface area contributed by atoms with Crippen molar-refractivity contribution in [2.75, 3.05) is 6.61 Å². The number of hydrogen-bond donors (Lipinski definition) is 0. The van der Waals surface area contributed by atoms with Crippen molar-refractivity contribution in [2.45, 2.75) is 47.5 Å². The van der Waals surface area contributed by atoms with Gasteiger partial charge in [-0.15, -0.1) is 0 Å². The molecule has 2 heteroatoms. The van der Waals surface area contributed by atoms with Gasteiger partial charge in [-0.2, -0.15) is 0 Å².